The number of hydrogen-bond acceptors (Lipinski definition) is 5. The Kier molecular flexibility index (Phi) is 4.68. The fraction of sp³-hybridized carbons (Fsp3) is 0.615. The summed E-state index contributed by atoms with van der Waals surface area (Å²) in [6.45, 7) is 3.43. The van der Waals surface area contributed by atoms with Crippen LogP contribution in [0.5, 0.6) is 0 Å². The number of carbonyl (C=O) groups excluding carboxylic acids is 1. The van der Waals surface area contributed by atoms with Gasteiger partial charge in [-0.1, -0.05) is 0 Å². The molecule has 0 saturated carbocycles. The molecule has 2 heterocycles. The second-order valence-corrected chi connectivity index (χ2v) is 4.66. The van der Waals surface area contributed by atoms with Crippen molar-refractivity contribution in [3.8, 4) is 0 Å². The summed E-state index contributed by atoms with van der Waals surface area (Å²) in [7, 11) is 0. The lowest BCUT2D eigenvalue weighted by Crippen LogP contribution is -2.45. The summed E-state index contributed by atoms with van der Waals surface area (Å²) in [4.78, 5) is 14.0. The molecule has 1 fully saturated rings. The maximum atomic E-state index is 12.3. The van der Waals surface area contributed by atoms with Gasteiger partial charge in [0.2, 0.25) is 0 Å². The highest BCUT2D eigenvalue weighted by Crippen LogP contribution is 2.18. The number of amides is 1. The Morgan fingerprint density at radius 2 is 2.32 bits per heavy atom. The molecule has 1 atom stereocenters. The van der Waals surface area contributed by atoms with E-state index < -0.39 is 0 Å². The van der Waals surface area contributed by atoms with E-state index in [-0.39, 0.29) is 18.6 Å². The van der Waals surface area contributed by atoms with Crippen LogP contribution < -0.4 is 5.32 Å². The van der Waals surface area contributed by atoms with Crippen molar-refractivity contribution in [1.82, 2.24) is 15.1 Å². The summed E-state index contributed by atoms with van der Waals surface area (Å²) in [5, 5.41) is 20.3. The van der Waals surface area contributed by atoms with Gasteiger partial charge in [-0.05, 0) is 38.3 Å². The number of rotatable bonds is 4. The minimum atomic E-state index is -0.144. The Hall–Kier alpha value is -1.69. The van der Waals surface area contributed by atoms with Crippen molar-refractivity contribution < 1.29 is 9.90 Å². The minimum Gasteiger partial charge on any atom is -0.394 e. The minimum absolute atomic E-state index is 0.00857. The van der Waals surface area contributed by atoms with Crippen LogP contribution in [0.4, 0.5) is 5.82 Å². The van der Waals surface area contributed by atoms with Gasteiger partial charge >= 0.3 is 0 Å². The largest absolute Gasteiger partial charge is 0.394 e. The standard InChI is InChI=1S/C13H20N4O2/c1-2-14-12-7-6-11(15-16-12)13(19)17-8-4-3-5-10(17)9-18/h6-7,10,18H,2-5,8-9H2,1H3,(H,14,16). The molecule has 1 aromatic rings. The predicted molar refractivity (Wildman–Crippen MR) is 72.0 cm³/mol. The number of anilines is 1. The highest BCUT2D eigenvalue weighted by Gasteiger charge is 2.27. The molecule has 1 aliphatic heterocycles. The first kappa shape index (κ1) is 13.7. The summed E-state index contributed by atoms with van der Waals surface area (Å²) < 4.78 is 0. The molecule has 19 heavy (non-hydrogen) atoms. The molecule has 1 aliphatic rings. The van der Waals surface area contributed by atoms with Crippen molar-refractivity contribution in [3.63, 3.8) is 0 Å². The van der Waals surface area contributed by atoms with E-state index >= 15 is 0 Å². The molecule has 0 aromatic carbocycles. The highest BCUT2D eigenvalue weighted by molar-refractivity contribution is 5.92. The van der Waals surface area contributed by atoms with Crippen molar-refractivity contribution in [2.45, 2.75) is 32.2 Å². The number of aliphatic hydroxyl groups excluding tert-OH is 1. The normalized spacial score (nSPS) is 19.3. The molecule has 6 heteroatoms. The number of likely N-dealkylation sites (tertiary alicyclic amines) is 1. The summed E-state index contributed by atoms with van der Waals surface area (Å²) >= 11 is 0. The van der Waals surface area contributed by atoms with Crippen LogP contribution in [0.25, 0.3) is 0 Å². The number of nitrogens with zero attached hydrogens (tertiary/aromatic N) is 3. The molecular weight excluding hydrogens is 244 g/mol. The molecule has 1 unspecified atom stereocenters. The molecule has 2 rings (SSSR count). The zero-order chi connectivity index (χ0) is 13.7. The van der Waals surface area contributed by atoms with Gasteiger partial charge in [-0.2, -0.15) is 0 Å². The van der Waals surface area contributed by atoms with E-state index in [4.69, 9.17) is 0 Å². The Bertz CT molecular complexity index is 421. The maximum Gasteiger partial charge on any atom is 0.274 e. The first-order valence-electron chi connectivity index (χ1n) is 6.75. The molecule has 0 bridgehead atoms. The Morgan fingerprint density at radius 1 is 1.47 bits per heavy atom. The molecule has 0 aliphatic carbocycles. The van der Waals surface area contributed by atoms with Gasteiger partial charge in [0.05, 0.1) is 12.6 Å². The molecule has 2 N–H and O–H groups in total. The van der Waals surface area contributed by atoms with Gasteiger partial charge in [0.15, 0.2) is 5.69 Å². The van der Waals surface area contributed by atoms with Crippen molar-refractivity contribution in [2.75, 3.05) is 25.0 Å². The smallest absolute Gasteiger partial charge is 0.274 e. The van der Waals surface area contributed by atoms with Gasteiger partial charge in [-0.25, -0.2) is 0 Å². The summed E-state index contributed by atoms with van der Waals surface area (Å²) in [6.07, 6.45) is 2.89. The van der Waals surface area contributed by atoms with Gasteiger partial charge in [-0.15, -0.1) is 10.2 Å². The molecule has 0 spiro atoms. The topological polar surface area (TPSA) is 78.4 Å². The average Bonchev–Trinajstić information content (AvgIpc) is 2.47. The highest BCUT2D eigenvalue weighted by atomic mass is 16.3. The van der Waals surface area contributed by atoms with E-state index in [1.54, 1.807) is 17.0 Å². The molecule has 6 nitrogen and oxygen atoms in total. The molecule has 104 valence electrons. The van der Waals surface area contributed by atoms with E-state index in [0.717, 1.165) is 25.8 Å². The van der Waals surface area contributed by atoms with Crippen molar-refractivity contribution in [1.29, 1.82) is 0 Å². The predicted octanol–water partition coefficient (Wildman–Crippen LogP) is 0.895. The van der Waals surface area contributed by atoms with Gasteiger partial charge in [0, 0.05) is 13.1 Å². The molecule has 1 amide bonds. The first-order valence-corrected chi connectivity index (χ1v) is 6.75. The molecule has 1 aromatic heterocycles. The maximum absolute atomic E-state index is 12.3. The zero-order valence-corrected chi connectivity index (χ0v) is 11.2. The number of hydrogen-bond donors (Lipinski definition) is 2. The summed E-state index contributed by atoms with van der Waals surface area (Å²) in [6, 6.07) is 3.34. The third-order valence-electron chi connectivity index (χ3n) is 3.34. The number of aromatic nitrogens is 2. The Labute approximate surface area is 112 Å². The van der Waals surface area contributed by atoms with Gasteiger partial charge in [0.25, 0.3) is 5.91 Å². The van der Waals surface area contributed by atoms with Crippen molar-refractivity contribution in [3.05, 3.63) is 17.8 Å². The van der Waals surface area contributed by atoms with Crippen LogP contribution in [0.1, 0.15) is 36.7 Å². The van der Waals surface area contributed by atoms with Crippen molar-refractivity contribution >= 4 is 11.7 Å². The Balaban J connectivity index is 2.09. The van der Waals surface area contributed by atoms with E-state index in [2.05, 4.69) is 15.5 Å². The van der Waals surface area contributed by atoms with Crippen LogP contribution >= 0.6 is 0 Å². The fourth-order valence-electron chi connectivity index (χ4n) is 2.33. The number of nitrogens with one attached hydrogen (secondary N) is 1. The first-order chi connectivity index (χ1) is 9.26. The van der Waals surface area contributed by atoms with Crippen LogP contribution in [0, 0.1) is 0 Å². The van der Waals surface area contributed by atoms with E-state index in [1.165, 1.54) is 0 Å². The average molecular weight is 264 g/mol. The molecule has 0 radical (unpaired) electrons. The van der Waals surface area contributed by atoms with E-state index in [9.17, 15) is 9.90 Å². The van der Waals surface area contributed by atoms with E-state index in [1.807, 2.05) is 6.92 Å². The van der Waals surface area contributed by atoms with Crippen LogP contribution in [0.2, 0.25) is 0 Å². The summed E-state index contributed by atoms with van der Waals surface area (Å²) in [5.41, 5.74) is 0.335. The van der Waals surface area contributed by atoms with Crippen molar-refractivity contribution in [2.24, 2.45) is 0 Å². The summed E-state index contributed by atoms with van der Waals surface area (Å²) in [5.74, 6) is 0.519. The lowest BCUT2D eigenvalue weighted by Gasteiger charge is -2.34. The van der Waals surface area contributed by atoms with Crippen LogP contribution in [0.15, 0.2) is 12.1 Å². The van der Waals surface area contributed by atoms with Crippen LogP contribution in [-0.4, -0.2) is 51.8 Å². The number of aliphatic hydroxyl groups is 1. The van der Waals surface area contributed by atoms with Gasteiger partial charge in [0.1, 0.15) is 5.82 Å². The van der Waals surface area contributed by atoms with Crippen LogP contribution in [-0.2, 0) is 0 Å². The second-order valence-electron chi connectivity index (χ2n) is 4.66. The lowest BCUT2D eigenvalue weighted by molar-refractivity contribution is 0.0496. The third-order valence-corrected chi connectivity index (χ3v) is 3.34. The molecular formula is C13H20N4O2. The lowest BCUT2D eigenvalue weighted by atomic mass is 10.0. The molecule has 1 saturated heterocycles. The van der Waals surface area contributed by atoms with E-state index in [0.29, 0.717) is 18.1 Å². The third kappa shape index (κ3) is 3.20. The second kappa shape index (κ2) is 6.47. The quantitative estimate of drug-likeness (QED) is 0.844. The Morgan fingerprint density at radius 3 is 2.95 bits per heavy atom. The fourth-order valence-corrected chi connectivity index (χ4v) is 2.33. The number of carbonyl (C=O) groups is 1. The van der Waals surface area contributed by atoms with Gasteiger partial charge < -0.3 is 15.3 Å². The zero-order valence-electron chi connectivity index (χ0n) is 11.2. The monoisotopic (exact) mass is 264 g/mol. The van der Waals surface area contributed by atoms with Gasteiger partial charge in [-0.3, -0.25) is 4.79 Å². The van der Waals surface area contributed by atoms with Crippen LogP contribution in [0.3, 0.4) is 0 Å². The number of piperidine rings is 1. The SMILES string of the molecule is CCNc1ccc(C(=O)N2CCCCC2CO)nn1.